The van der Waals surface area contributed by atoms with Gasteiger partial charge in [0.25, 0.3) is 0 Å². The number of allylic oxidation sites excluding steroid dienone is 3. The second-order valence-electron chi connectivity index (χ2n) is 4.83. The van der Waals surface area contributed by atoms with Crippen molar-refractivity contribution < 1.29 is 14.3 Å². The first kappa shape index (κ1) is 18.2. The highest BCUT2D eigenvalue weighted by Gasteiger charge is 2.07. The number of carbonyl (C=O) groups excluding carboxylic acids is 2. The third kappa shape index (κ3) is 6.18. The molecule has 1 rings (SSSR count). The zero-order chi connectivity index (χ0) is 17.2. The van der Waals surface area contributed by atoms with Crippen molar-refractivity contribution in [2.45, 2.75) is 13.8 Å². The molecular weight excluding hydrogens is 290 g/mol. The van der Waals surface area contributed by atoms with Gasteiger partial charge in [-0.25, -0.2) is 4.79 Å². The molecule has 0 aliphatic rings. The SMILES string of the molecule is C=C(C)C(=O)NCOC(=O)C(=C)/C=C\C(=C/C)c1ccccc1. The third-order valence-electron chi connectivity index (χ3n) is 2.97. The molecule has 0 radical (unpaired) electrons. The number of esters is 1. The lowest BCUT2D eigenvalue weighted by Gasteiger charge is -2.06. The Morgan fingerprint density at radius 2 is 1.83 bits per heavy atom. The van der Waals surface area contributed by atoms with Crippen LogP contribution in [0.1, 0.15) is 19.4 Å². The lowest BCUT2D eigenvalue weighted by atomic mass is 10.0. The largest absolute Gasteiger partial charge is 0.441 e. The molecule has 120 valence electrons. The maximum atomic E-state index is 11.8. The number of amides is 1. The van der Waals surface area contributed by atoms with Gasteiger partial charge in [-0.2, -0.15) is 0 Å². The summed E-state index contributed by atoms with van der Waals surface area (Å²) in [4.78, 5) is 23.0. The standard InChI is InChI=1S/C19H21NO3/c1-5-16(17-9-7-6-8-10-17)12-11-15(4)19(22)23-13-20-18(21)14(2)3/h5-12H,2,4,13H2,1,3H3,(H,20,21)/b12-11-,16-5+. The van der Waals surface area contributed by atoms with E-state index in [0.717, 1.165) is 11.1 Å². The minimum Gasteiger partial charge on any atom is -0.441 e. The van der Waals surface area contributed by atoms with Crippen molar-refractivity contribution in [3.05, 3.63) is 78.4 Å². The lowest BCUT2D eigenvalue weighted by Crippen LogP contribution is -2.28. The number of rotatable bonds is 7. The van der Waals surface area contributed by atoms with Gasteiger partial charge in [0.15, 0.2) is 6.73 Å². The van der Waals surface area contributed by atoms with E-state index in [1.54, 1.807) is 19.1 Å². The minimum absolute atomic E-state index is 0.199. The number of benzene rings is 1. The average molecular weight is 311 g/mol. The summed E-state index contributed by atoms with van der Waals surface area (Å²) in [5, 5.41) is 2.41. The summed E-state index contributed by atoms with van der Waals surface area (Å²) in [7, 11) is 0. The first-order valence-corrected chi connectivity index (χ1v) is 7.15. The highest BCUT2D eigenvalue weighted by molar-refractivity contribution is 5.93. The summed E-state index contributed by atoms with van der Waals surface area (Å²) >= 11 is 0. The predicted octanol–water partition coefficient (Wildman–Crippen LogP) is 3.40. The minimum atomic E-state index is -0.591. The van der Waals surface area contributed by atoms with Gasteiger partial charge in [0.2, 0.25) is 5.91 Å². The summed E-state index contributed by atoms with van der Waals surface area (Å²) in [5.74, 6) is -0.953. The smallest absolute Gasteiger partial charge is 0.339 e. The van der Waals surface area contributed by atoms with Gasteiger partial charge in [-0.15, -0.1) is 0 Å². The van der Waals surface area contributed by atoms with Crippen LogP contribution in [0.15, 0.2) is 72.9 Å². The summed E-state index contributed by atoms with van der Waals surface area (Å²) < 4.78 is 4.91. The predicted molar refractivity (Wildman–Crippen MR) is 92.3 cm³/mol. The molecule has 0 aliphatic carbocycles. The van der Waals surface area contributed by atoms with Gasteiger partial charge in [0, 0.05) is 5.57 Å². The average Bonchev–Trinajstić information content (AvgIpc) is 2.55. The summed E-state index contributed by atoms with van der Waals surface area (Å²) in [6.07, 6.45) is 5.33. The van der Waals surface area contributed by atoms with Gasteiger partial charge >= 0.3 is 5.97 Å². The summed E-state index contributed by atoms with van der Waals surface area (Å²) in [5.41, 5.74) is 2.56. The molecule has 4 nitrogen and oxygen atoms in total. The molecule has 23 heavy (non-hydrogen) atoms. The summed E-state index contributed by atoms with van der Waals surface area (Å²) in [6.45, 7) is 10.4. The van der Waals surface area contributed by atoms with Crippen molar-refractivity contribution in [3.63, 3.8) is 0 Å². The van der Waals surface area contributed by atoms with Crippen molar-refractivity contribution in [1.82, 2.24) is 5.32 Å². The maximum absolute atomic E-state index is 11.8. The number of hydrogen-bond acceptors (Lipinski definition) is 3. The number of carbonyl (C=O) groups is 2. The normalized spacial score (nSPS) is 11.1. The Bertz CT molecular complexity index is 654. The van der Waals surface area contributed by atoms with Crippen LogP contribution >= 0.6 is 0 Å². The monoisotopic (exact) mass is 311 g/mol. The van der Waals surface area contributed by atoms with Crippen molar-refractivity contribution in [1.29, 1.82) is 0 Å². The Labute approximate surface area is 136 Å². The molecule has 4 heteroatoms. The maximum Gasteiger partial charge on any atom is 0.339 e. The van der Waals surface area contributed by atoms with E-state index in [2.05, 4.69) is 18.5 Å². The Morgan fingerprint density at radius 3 is 2.39 bits per heavy atom. The van der Waals surface area contributed by atoms with Gasteiger partial charge in [0.05, 0.1) is 5.57 Å². The topological polar surface area (TPSA) is 55.4 Å². The van der Waals surface area contributed by atoms with Gasteiger partial charge in [-0.3, -0.25) is 4.79 Å². The Kier molecular flexibility index (Phi) is 7.27. The first-order valence-electron chi connectivity index (χ1n) is 7.15. The molecule has 0 bridgehead atoms. The van der Waals surface area contributed by atoms with E-state index >= 15 is 0 Å². The Balaban J connectivity index is 2.56. The van der Waals surface area contributed by atoms with Crippen LogP contribution in [-0.4, -0.2) is 18.6 Å². The van der Waals surface area contributed by atoms with Crippen LogP contribution in [0.4, 0.5) is 0 Å². The molecule has 1 amide bonds. The van der Waals surface area contributed by atoms with Crippen molar-refractivity contribution in [2.24, 2.45) is 0 Å². The molecule has 1 aromatic rings. The second kappa shape index (κ2) is 9.20. The fourth-order valence-corrected chi connectivity index (χ4v) is 1.66. The van der Waals surface area contributed by atoms with Crippen LogP contribution in [0.25, 0.3) is 5.57 Å². The highest BCUT2D eigenvalue weighted by atomic mass is 16.5. The fraction of sp³-hybridized carbons (Fsp3) is 0.158. The van der Waals surface area contributed by atoms with Gasteiger partial charge < -0.3 is 10.1 Å². The molecule has 0 aliphatic heterocycles. The van der Waals surface area contributed by atoms with Gasteiger partial charge in [-0.05, 0) is 31.1 Å². The van der Waals surface area contributed by atoms with E-state index in [9.17, 15) is 9.59 Å². The number of hydrogen-bond donors (Lipinski definition) is 1. The molecule has 1 N–H and O–H groups in total. The van der Waals surface area contributed by atoms with Crippen LogP contribution in [-0.2, 0) is 14.3 Å². The van der Waals surface area contributed by atoms with Crippen LogP contribution < -0.4 is 5.32 Å². The molecule has 0 heterocycles. The number of nitrogens with one attached hydrogen (secondary N) is 1. The van der Waals surface area contributed by atoms with Crippen molar-refractivity contribution >= 4 is 17.4 Å². The summed E-state index contributed by atoms with van der Waals surface area (Å²) in [6, 6.07) is 9.79. The highest BCUT2D eigenvalue weighted by Crippen LogP contribution is 2.16. The van der Waals surface area contributed by atoms with E-state index in [0.29, 0.717) is 5.57 Å². The van der Waals surface area contributed by atoms with E-state index in [1.807, 2.05) is 43.3 Å². The van der Waals surface area contributed by atoms with Crippen molar-refractivity contribution in [3.8, 4) is 0 Å². The van der Waals surface area contributed by atoms with E-state index < -0.39 is 5.97 Å². The molecular formula is C19H21NO3. The Morgan fingerprint density at radius 1 is 1.17 bits per heavy atom. The lowest BCUT2D eigenvalue weighted by molar-refractivity contribution is -0.140. The van der Waals surface area contributed by atoms with Crippen LogP contribution in [0.3, 0.4) is 0 Å². The zero-order valence-corrected chi connectivity index (χ0v) is 13.5. The molecule has 0 saturated carbocycles. The van der Waals surface area contributed by atoms with E-state index in [4.69, 9.17) is 4.74 Å². The number of ether oxygens (including phenoxy) is 1. The second-order valence-corrected chi connectivity index (χ2v) is 4.83. The van der Waals surface area contributed by atoms with Gasteiger partial charge in [-0.1, -0.05) is 55.6 Å². The molecule has 1 aromatic carbocycles. The first-order chi connectivity index (χ1) is 11.0. The molecule has 0 aromatic heterocycles. The molecule has 0 spiro atoms. The zero-order valence-electron chi connectivity index (χ0n) is 13.5. The fourth-order valence-electron chi connectivity index (χ4n) is 1.66. The van der Waals surface area contributed by atoms with E-state index in [1.165, 1.54) is 0 Å². The van der Waals surface area contributed by atoms with Crippen LogP contribution in [0.2, 0.25) is 0 Å². The van der Waals surface area contributed by atoms with Crippen LogP contribution in [0, 0.1) is 0 Å². The molecule has 0 saturated heterocycles. The third-order valence-corrected chi connectivity index (χ3v) is 2.97. The molecule has 0 atom stereocenters. The van der Waals surface area contributed by atoms with Crippen molar-refractivity contribution in [2.75, 3.05) is 6.73 Å². The van der Waals surface area contributed by atoms with Gasteiger partial charge in [0.1, 0.15) is 0 Å². The Hall–Kier alpha value is -2.88. The quantitative estimate of drug-likeness (QED) is 0.363. The molecule has 0 fully saturated rings. The molecule has 0 unspecified atom stereocenters. The van der Waals surface area contributed by atoms with E-state index in [-0.39, 0.29) is 18.2 Å². The van der Waals surface area contributed by atoms with Crippen LogP contribution in [0.5, 0.6) is 0 Å².